The van der Waals surface area contributed by atoms with E-state index >= 15 is 0 Å². The second kappa shape index (κ2) is 5.50. The van der Waals surface area contributed by atoms with E-state index in [0.717, 1.165) is 12.1 Å². The quantitative estimate of drug-likeness (QED) is 0.868. The summed E-state index contributed by atoms with van der Waals surface area (Å²) in [7, 11) is 1.48. The molecule has 0 saturated carbocycles. The molecule has 0 spiro atoms. The molecule has 0 aromatic heterocycles. The fourth-order valence-corrected chi connectivity index (χ4v) is 1.52. The Morgan fingerprint density at radius 1 is 1.35 bits per heavy atom. The molecule has 1 rings (SSSR count). The summed E-state index contributed by atoms with van der Waals surface area (Å²) < 4.78 is 18.2. The average molecular weight is 239 g/mol. The summed E-state index contributed by atoms with van der Waals surface area (Å²) in [6.07, 6.45) is 0. The van der Waals surface area contributed by atoms with E-state index in [-0.39, 0.29) is 17.3 Å². The van der Waals surface area contributed by atoms with Crippen LogP contribution in [-0.2, 0) is 0 Å². The van der Waals surface area contributed by atoms with E-state index in [1.54, 1.807) is 12.1 Å². The highest BCUT2D eigenvalue weighted by Crippen LogP contribution is 2.23. The summed E-state index contributed by atoms with van der Waals surface area (Å²) in [6.45, 7) is 9.51. The highest BCUT2D eigenvalue weighted by atomic mass is 19.1. The molecule has 0 saturated heterocycles. The second-order valence-corrected chi connectivity index (χ2v) is 5.56. The molecule has 96 valence electrons. The van der Waals surface area contributed by atoms with Crippen molar-refractivity contribution in [3.8, 4) is 5.75 Å². The van der Waals surface area contributed by atoms with Crippen LogP contribution < -0.4 is 10.1 Å². The van der Waals surface area contributed by atoms with Gasteiger partial charge in [0.05, 0.1) is 7.11 Å². The van der Waals surface area contributed by atoms with E-state index in [1.807, 2.05) is 0 Å². The highest BCUT2D eigenvalue weighted by molar-refractivity contribution is 5.31. The third-order valence-corrected chi connectivity index (χ3v) is 2.61. The number of hydrogen-bond acceptors (Lipinski definition) is 2. The van der Waals surface area contributed by atoms with Crippen molar-refractivity contribution in [2.45, 2.75) is 33.7 Å². The van der Waals surface area contributed by atoms with Crippen molar-refractivity contribution in [3.05, 3.63) is 29.6 Å². The number of benzene rings is 1. The number of nitrogens with one attached hydrogen (secondary N) is 1. The first-order chi connectivity index (χ1) is 7.83. The van der Waals surface area contributed by atoms with Crippen LogP contribution in [0, 0.1) is 11.2 Å². The maximum atomic E-state index is 13.3. The van der Waals surface area contributed by atoms with Gasteiger partial charge in [-0.2, -0.15) is 0 Å². The smallest absolute Gasteiger partial charge is 0.165 e. The summed E-state index contributed by atoms with van der Waals surface area (Å²) >= 11 is 0. The third kappa shape index (κ3) is 4.35. The minimum Gasteiger partial charge on any atom is -0.494 e. The normalized spacial score (nSPS) is 13.5. The molecule has 0 aliphatic carbocycles. The van der Waals surface area contributed by atoms with Gasteiger partial charge >= 0.3 is 0 Å². The van der Waals surface area contributed by atoms with Crippen molar-refractivity contribution in [1.82, 2.24) is 5.32 Å². The maximum Gasteiger partial charge on any atom is 0.165 e. The Kier molecular flexibility index (Phi) is 4.52. The van der Waals surface area contributed by atoms with Crippen LogP contribution in [0.4, 0.5) is 4.39 Å². The van der Waals surface area contributed by atoms with Crippen LogP contribution in [0.1, 0.15) is 39.3 Å². The molecule has 1 aromatic carbocycles. The van der Waals surface area contributed by atoms with E-state index in [9.17, 15) is 4.39 Å². The van der Waals surface area contributed by atoms with Gasteiger partial charge in [-0.25, -0.2) is 4.39 Å². The van der Waals surface area contributed by atoms with Crippen molar-refractivity contribution in [2.75, 3.05) is 13.7 Å². The fourth-order valence-electron chi connectivity index (χ4n) is 1.52. The van der Waals surface area contributed by atoms with Crippen LogP contribution in [0.2, 0.25) is 0 Å². The molecule has 0 aliphatic heterocycles. The highest BCUT2D eigenvalue weighted by Gasteiger charge is 2.14. The third-order valence-electron chi connectivity index (χ3n) is 2.61. The van der Waals surface area contributed by atoms with Crippen LogP contribution in [0.5, 0.6) is 5.75 Å². The molecule has 0 aliphatic rings. The summed E-state index contributed by atoms with van der Waals surface area (Å²) in [5.41, 5.74) is 1.27. The Morgan fingerprint density at radius 3 is 2.53 bits per heavy atom. The summed E-state index contributed by atoms with van der Waals surface area (Å²) in [5, 5.41) is 3.43. The molecule has 0 bridgehead atoms. The Hall–Kier alpha value is -1.09. The van der Waals surface area contributed by atoms with E-state index < -0.39 is 0 Å². The van der Waals surface area contributed by atoms with Crippen LogP contribution in [0.25, 0.3) is 0 Å². The molecule has 1 unspecified atom stereocenters. The van der Waals surface area contributed by atoms with Crippen molar-refractivity contribution >= 4 is 0 Å². The average Bonchev–Trinajstić information content (AvgIpc) is 2.25. The molecule has 0 radical (unpaired) electrons. The molecule has 2 nitrogen and oxygen atoms in total. The van der Waals surface area contributed by atoms with E-state index in [4.69, 9.17) is 4.74 Å². The number of methoxy groups -OCH3 is 1. The molecule has 0 amide bonds. The number of hydrogen-bond donors (Lipinski definition) is 1. The molecular formula is C14H22FNO. The van der Waals surface area contributed by atoms with Crippen LogP contribution in [0.3, 0.4) is 0 Å². The lowest BCUT2D eigenvalue weighted by atomic mass is 9.96. The van der Waals surface area contributed by atoms with Crippen molar-refractivity contribution in [1.29, 1.82) is 0 Å². The first kappa shape index (κ1) is 14.0. The molecular weight excluding hydrogens is 217 g/mol. The number of halogens is 1. The van der Waals surface area contributed by atoms with Gasteiger partial charge in [0.2, 0.25) is 0 Å². The minimum atomic E-state index is -0.320. The van der Waals surface area contributed by atoms with Gasteiger partial charge in [0.25, 0.3) is 0 Å². The molecule has 17 heavy (non-hydrogen) atoms. The molecule has 0 fully saturated rings. The zero-order valence-corrected chi connectivity index (χ0v) is 11.3. The van der Waals surface area contributed by atoms with Gasteiger partial charge < -0.3 is 10.1 Å². The van der Waals surface area contributed by atoms with Gasteiger partial charge in [-0.05, 0) is 30.0 Å². The minimum absolute atomic E-state index is 0.184. The SMILES string of the molecule is COc1cc(C(C)NCC(C)(C)C)ccc1F. The van der Waals surface area contributed by atoms with Crippen molar-refractivity contribution < 1.29 is 9.13 Å². The predicted molar refractivity (Wildman–Crippen MR) is 68.8 cm³/mol. The van der Waals surface area contributed by atoms with Gasteiger partial charge in [0.15, 0.2) is 11.6 Å². The number of ether oxygens (including phenoxy) is 1. The lowest BCUT2D eigenvalue weighted by Crippen LogP contribution is -2.29. The fraction of sp³-hybridized carbons (Fsp3) is 0.571. The largest absolute Gasteiger partial charge is 0.494 e. The maximum absolute atomic E-state index is 13.3. The Bertz CT molecular complexity index is 371. The van der Waals surface area contributed by atoms with E-state index in [2.05, 4.69) is 33.0 Å². The Morgan fingerprint density at radius 2 is 2.00 bits per heavy atom. The van der Waals surface area contributed by atoms with Gasteiger partial charge in [-0.15, -0.1) is 0 Å². The molecule has 1 aromatic rings. The van der Waals surface area contributed by atoms with Crippen LogP contribution >= 0.6 is 0 Å². The molecule has 3 heteroatoms. The Balaban J connectivity index is 2.72. The monoisotopic (exact) mass is 239 g/mol. The van der Waals surface area contributed by atoms with Crippen molar-refractivity contribution in [3.63, 3.8) is 0 Å². The van der Waals surface area contributed by atoms with Gasteiger partial charge in [0, 0.05) is 12.6 Å². The van der Waals surface area contributed by atoms with E-state index in [0.29, 0.717) is 5.75 Å². The second-order valence-electron chi connectivity index (χ2n) is 5.56. The topological polar surface area (TPSA) is 21.3 Å². The first-order valence-corrected chi connectivity index (χ1v) is 5.90. The summed E-state index contributed by atoms with van der Waals surface area (Å²) in [4.78, 5) is 0. The van der Waals surface area contributed by atoms with E-state index in [1.165, 1.54) is 13.2 Å². The summed E-state index contributed by atoms with van der Waals surface area (Å²) in [5.74, 6) is -0.0221. The first-order valence-electron chi connectivity index (χ1n) is 5.90. The van der Waals surface area contributed by atoms with Crippen molar-refractivity contribution in [2.24, 2.45) is 5.41 Å². The summed E-state index contributed by atoms with van der Waals surface area (Å²) in [6, 6.07) is 5.17. The Labute approximate surface area is 103 Å². The predicted octanol–water partition coefficient (Wildman–Crippen LogP) is 3.53. The number of rotatable bonds is 4. The standard InChI is InChI=1S/C14H22FNO/c1-10(16-9-14(2,3)4)11-6-7-12(15)13(8-11)17-5/h6-8,10,16H,9H2,1-5H3. The molecule has 1 atom stereocenters. The van der Waals surface area contributed by atoms with Gasteiger partial charge in [0.1, 0.15) is 0 Å². The van der Waals surface area contributed by atoms with Crippen LogP contribution in [0.15, 0.2) is 18.2 Å². The van der Waals surface area contributed by atoms with Gasteiger partial charge in [-0.3, -0.25) is 0 Å². The van der Waals surface area contributed by atoms with Crippen LogP contribution in [-0.4, -0.2) is 13.7 Å². The zero-order valence-electron chi connectivity index (χ0n) is 11.3. The zero-order chi connectivity index (χ0) is 13.1. The lowest BCUT2D eigenvalue weighted by Gasteiger charge is -2.23. The van der Waals surface area contributed by atoms with Gasteiger partial charge in [-0.1, -0.05) is 26.8 Å². The molecule has 1 N–H and O–H groups in total. The lowest BCUT2D eigenvalue weighted by molar-refractivity contribution is 0.357. The molecule has 0 heterocycles.